The van der Waals surface area contributed by atoms with Gasteiger partial charge < -0.3 is 10.3 Å². The quantitative estimate of drug-likeness (QED) is 0.857. The van der Waals surface area contributed by atoms with Gasteiger partial charge in [0, 0.05) is 24.3 Å². The molecule has 2 rings (SSSR count). The Kier molecular flexibility index (Phi) is 4.94. The van der Waals surface area contributed by atoms with Gasteiger partial charge in [-0.05, 0) is 53.6 Å². The molecule has 1 aliphatic rings. The van der Waals surface area contributed by atoms with Crippen LogP contribution in [0.2, 0.25) is 0 Å². The zero-order valence-corrected chi connectivity index (χ0v) is 13.0. The molecule has 0 amide bonds. The minimum atomic E-state index is -0.0242. The summed E-state index contributed by atoms with van der Waals surface area (Å²) >= 11 is 0. The van der Waals surface area contributed by atoms with Crippen LogP contribution in [0.4, 0.5) is 0 Å². The standard InChI is InChI=1S/C15H26N4O/c1-10(19-7-5-6-8-19)9-16-11(2)14-12(3)17-13(4)18-15(14)20/h10-11,16H,5-9H2,1-4H3,(H,17,18,20). The van der Waals surface area contributed by atoms with Crippen molar-refractivity contribution < 1.29 is 0 Å². The first kappa shape index (κ1) is 15.2. The second-order valence-corrected chi connectivity index (χ2v) is 5.87. The van der Waals surface area contributed by atoms with Gasteiger partial charge in [-0.15, -0.1) is 0 Å². The smallest absolute Gasteiger partial charge is 0.255 e. The van der Waals surface area contributed by atoms with Crippen LogP contribution in [0, 0.1) is 13.8 Å². The minimum Gasteiger partial charge on any atom is -0.310 e. The molecule has 112 valence electrons. The SMILES string of the molecule is Cc1nc(C)c(C(C)NCC(C)N2CCCC2)c(=O)[nH]1. The highest BCUT2D eigenvalue weighted by Gasteiger charge is 2.20. The Balaban J connectivity index is 1.98. The Morgan fingerprint density at radius 3 is 2.55 bits per heavy atom. The van der Waals surface area contributed by atoms with Crippen molar-refractivity contribution in [3.63, 3.8) is 0 Å². The Morgan fingerprint density at radius 1 is 1.30 bits per heavy atom. The third-order valence-corrected chi connectivity index (χ3v) is 4.18. The van der Waals surface area contributed by atoms with E-state index in [1.165, 1.54) is 25.9 Å². The first-order chi connectivity index (χ1) is 9.49. The van der Waals surface area contributed by atoms with E-state index in [1.54, 1.807) is 0 Å². The second kappa shape index (κ2) is 6.50. The van der Waals surface area contributed by atoms with Crippen molar-refractivity contribution in [2.75, 3.05) is 19.6 Å². The molecule has 1 saturated heterocycles. The molecule has 1 aliphatic heterocycles. The van der Waals surface area contributed by atoms with Crippen LogP contribution in [0.5, 0.6) is 0 Å². The first-order valence-corrected chi connectivity index (χ1v) is 7.54. The summed E-state index contributed by atoms with van der Waals surface area (Å²) in [5.74, 6) is 0.675. The molecule has 5 heteroatoms. The van der Waals surface area contributed by atoms with Crippen molar-refractivity contribution in [1.82, 2.24) is 20.2 Å². The lowest BCUT2D eigenvalue weighted by atomic mass is 10.1. The van der Waals surface area contributed by atoms with Crippen molar-refractivity contribution in [3.8, 4) is 0 Å². The van der Waals surface area contributed by atoms with Crippen molar-refractivity contribution in [2.45, 2.75) is 52.6 Å². The van der Waals surface area contributed by atoms with E-state index >= 15 is 0 Å². The molecular weight excluding hydrogens is 252 g/mol. The highest BCUT2D eigenvalue weighted by molar-refractivity contribution is 5.20. The highest BCUT2D eigenvalue weighted by atomic mass is 16.1. The Bertz CT molecular complexity index is 505. The average Bonchev–Trinajstić information content (AvgIpc) is 2.88. The van der Waals surface area contributed by atoms with E-state index in [-0.39, 0.29) is 11.6 Å². The van der Waals surface area contributed by atoms with Crippen LogP contribution in [-0.2, 0) is 0 Å². The van der Waals surface area contributed by atoms with E-state index in [9.17, 15) is 4.79 Å². The van der Waals surface area contributed by atoms with Crippen molar-refractivity contribution in [2.24, 2.45) is 0 Å². The lowest BCUT2D eigenvalue weighted by Crippen LogP contribution is -2.40. The van der Waals surface area contributed by atoms with Crippen LogP contribution in [-0.4, -0.2) is 40.5 Å². The molecule has 0 spiro atoms. The van der Waals surface area contributed by atoms with Gasteiger partial charge >= 0.3 is 0 Å². The Morgan fingerprint density at radius 2 is 1.95 bits per heavy atom. The van der Waals surface area contributed by atoms with Crippen LogP contribution in [0.1, 0.15) is 49.8 Å². The fraction of sp³-hybridized carbons (Fsp3) is 0.733. The number of hydrogen-bond donors (Lipinski definition) is 2. The summed E-state index contributed by atoms with van der Waals surface area (Å²) in [6.07, 6.45) is 2.61. The molecule has 5 nitrogen and oxygen atoms in total. The van der Waals surface area contributed by atoms with Crippen LogP contribution in [0.25, 0.3) is 0 Å². The molecule has 0 radical (unpaired) electrons. The van der Waals surface area contributed by atoms with E-state index in [4.69, 9.17) is 0 Å². The van der Waals surface area contributed by atoms with Crippen LogP contribution in [0.15, 0.2) is 4.79 Å². The fourth-order valence-corrected chi connectivity index (χ4v) is 3.01. The third-order valence-electron chi connectivity index (χ3n) is 4.18. The highest BCUT2D eigenvalue weighted by Crippen LogP contribution is 2.14. The van der Waals surface area contributed by atoms with E-state index in [0.29, 0.717) is 11.9 Å². The number of rotatable bonds is 5. The van der Waals surface area contributed by atoms with Gasteiger partial charge in [-0.1, -0.05) is 0 Å². The van der Waals surface area contributed by atoms with Gasteiger partial charge in [0.25, 0.3) is 5.56 Å². The molecule has 20 heavy (non-hydrogen) atoms. The number of nitrogens with one attached hydrogen (secondary N) is 2. The van der Waals surface area contributed by atoms with Gasteiger partial charge in [-0.3, -0.25) is 9.69 Å². The third kappa shape index (κ3) is 3.46. The first-order valence-electron chi connectivity index (χ1n) is 7.54. The zero-order valence-electron chi connectivity index (χ0n) is 13.0. The summed E-state index contributed by atoms with van der Waals surface area (Å²) < 4.78 is 0. The minimum absolute atomic E-state index is 0.0242. The van der Waals surface area contributed by atoms with E-state index in [2.05, 4.69) is 27.1 Å². The van der Waals surface area contributed by atoms with E-state index in [1.807, 2.05) is 20.8 Å². The summed E-state index contributed by atoms with van der Waals surface area (Å²) in [4.78, 5) is 21.7. The predicted octanol–water partition coefficient (Wildman–Crippen LogP) is 1.52. The maximum Gasteiger partial charge on any atom is 0.255 e. The zero-order chi connectivity index (χ0) is 14.7. The predicted molar refractivity (Wildman–Crippen MR) is 81.0 cm³/mol. The molecule has 1 aromatic rings. The summed E-state index contributed by atoms with van der Waals surface area (Å²) in [6, 6.07) is 0.537. The number of aromatic amines is 1. The summed E-state index contributed by atoms with van der Waals surface area (Å²) in [6.45, 7) is 11.3. The number of likely N-dealkylation sites (tertiary alicyclic amines) is 1. The molecule has 0 aromatic carbocycles. The second-order valence-electron chi connectivity index (χ2n) is 5.87. The van der Waals surface area contributed by atoms with Gasteiger partial charge in [0.1, 0.15) is 5.82 Å². The molecule has 2 atom stereocenters. The normalized spacial score (nSPS) is 19.2. The van der Waals surface area contributed by atoms with E-state index < -0.39 is 0 Å². The van der Waals surface area contributed by atoms with Crippen LogP contribution in [0.3, 0.4) is 0 Å². The monoisotopic (exact) mass is 278 g/mol. The number of hydrogen-bond acceptors (Lipinski definition) is 4. The molecular formula is C15H26N4O. The van der Waals surface area contributed by atoms with Gasteiger partial charge in [0.05, 0.1) is 5.56 Å². The lowest BCUT2D eigenvalue weighted by molar-refractivity contribution is 0.247. The molecule has 1 fully saturated rings. The summed E-state index contributed by atoms with van der Waals surface area (Å²) in [7, 11) is 0. The molecule has 2 unspecified atom stereocenters. The van der Waals surface area contributed by atoms with Gasteiger partial charge in [0.2, 0.25) is 0 Å². The largest absolute Gasteiger partial charge is 0.310 e. The topological polar surface area (TPSA) is 61.0 Å². The van der Waals surface area contributed by atoms with Gasteiger partial charge in [-0.25, -0.2) is 4.98 Å². The summed E-state index contributed by atoms with van der Waals surface area (Å²) in [5, 5.41) is 3.48. The van der Waals surface area contributed by atoms with Crippen LogP contribution >= 0.6 is 0 Å². The lowest BCUT2D eigenvalue weighted by Gasteiger charge is -2.26. The Hall–Kier alpha value is -1.20. The molecule has 2 N–H and O–H groups in total. The summed E-state index contributed by atoms with van der Waals surface area (Å²) in [5.41, 5.74) is 1.55. The number of nitrogens with zero attached hydrogens (tertiary/aromatic N) is 2. The van der Waals surface area contributed by atoms with E-state index in [0.717, 1.165) is 17.8 Å². The van der Waals surface area contributed by atoms with Crippen molar-refractivity contribution >= 4 is 0 Å². The van der Waals surface area contributed by atoms with Crippen LogP contribution < -0.4 is 10.9 Å². The maximum atomic E-state index is 12.1. The number of aromatic nitrogens is 2. The molecule has 1 aromatic heterocycles. The van der Waals surface area contributed by atoms with Crippen molar-refractivity contribution in [1.29, 1.82) is 0 Å². The maximum absolute atomic E-state index is 12.1. The Labute approximate surface area is 120 Å². The fourth-order valence-electron chi connectivity index (χ4n) is 3.01. The van der Waals surface area contributed by atoms with Gasteiger partial charge in [-0.2, -0.15) is 0 Å². The van der Waals surface area contributed by atoms with Crippen molar-refractivity contribution in [3.05, 3.63) is 27.4 Å². The number of aryl methyl sites for hydroxylation is 2. The number of H-pyrrole nitrogens is 1. The molecule has 0 bridgehead atoms. The molecule has 0 aliphatic carbocycles. The van der Waals surface area contributed by atoms with Gasteiger partial charge in [0.15, 0.2) is 0 Å². The average molecular weight is 278 g/mol. The molecule has 0 saturated carbocycles. The molecule has 2 heterocycles.